The second-order valence-electron chi connectivity index (χ2n) is 3.19. The van der Waals surface area contributed by atoms with E-state index < -0.39 is 17.4 Å². The second kappa shape index (κ2) is 3.48. The molecule has 13 heavy (non-hydrogen) atoms. The summed E-state index contributed by atoms with van der Waals surface area (Å²) in [5, 5.41) is 11.3. The average molecular weight is 181 g/mol. The number of carbonyl (C=O) groups is 2. The first-order valence-corrected chi connectivity index (χ1v) is 4.13. The highest BCUT2D eigenvalue weighted by atomic mass is 16.4. The molecule has 0 heterocycles. The van der Waals surface area contributed by atoms with Gasteiger partial charge in [0.05, 0.1) is 0 Å². The van der Waals surface area contributed by atoms with Gasteiger partial charge in [-0.15, -0.1) is 6.42 Å². The molecule has 0 aromatic heterocycles. The smallest absolute Gasteiger partial charge is 0.329 e. The van der Waals surface area contributed by atoms with Crippen LogP contribution in [0.2, 0.25) is 0 Å². The fourth-order valence-corrected chi connectivity index (χ4v) is 1.62. The summed E-state index contributed by atoms with van der Waals surface area (Å²) in [4.78, 5) is 21.8. The number of amides is 1. The van der Waals surface area contributed by atoms with Crippen molar-refractivity contribution in [1.29, 1.82) is 0 Å². The third-order valence-corrected chi connectivity index (χ3v) is 2.35. The molecule has 0 aromatic carbocycles. The van der Waals surface area contributed by atoms with Crippen molar-refractivity contribution in [2.75, 3.05) is 0 Å². The third kappa shape index (κ3) is 1.81. The van der Waals surface area contributed by atoms with Gasteiger partial charge in [-0.2, -0.15) is 0 Å². The van der Waals surface area contributed by atoms with Crippen molar-refractivity contribution in [3.05, 3.63) is 0 Å². The molecule has 0 radical (unpaired) electrons. The molecular weight excluding hydrogens is 170 g/mol. The third-order valence-electron chi connectivity index (χ3n) is 2.35. The van der Waals surface area contributed by atoms with Crippen molar-refractivity contribution >= 4 is 11.9 Å². The van der Waals surface area contributed by atoms with Crippen LogP contribution in [0.3, 0.4) is 0 Å². The number of nitrogens with one attached hydrogen (secondary N) is 1. The highest BCUT2D eigenvalue weighted by Gasteiger charge is 2.42. The molecule has 1 aliphatic carbocycles. The highest BCUT2D eigenvalue weighted by Crippen LogP contribution is 2.29. The Morgan fingerprint density at radius 2 is 1.92 bits per heavy atom. The van der Waals surface area contributed by atoms with Crippen LogP contribution in [0, 0.1) is 12.3 Å². The zero-order chi connectivity index (χ0) is 9.90. The first kappa shape index (κ1) is 9.59. The van der Waals surface area contributed by atoms with Crippen LogP contribution >= 0.6 is 0 Å². The van der Waals surface area contributed by atoms with Gasteiger partial charge in [0.25, 0.3) is 5.91 Å². The van der Waals surface area contributed by atoms with E-state index in [-0.39, 0.29) is 0 Å². The largest absolute Gasteiger partial charge is 0.480 e. The van der Waals surface area contributed by atoms with E-state index in [1.165, 1.54) is 0 Å². The molecule has 2 N–H and O–H groups in total. The Bertz CT molecular complexity index is 271. The number of rotatable bonds is 2. The van der Waals surface area contributed by atoms with Gasteiger partial charge in [0.15, 0.2) is 0 Å². The maximum Gasteiger partial charge on any atom is 0.329 e. The molecule has 0 aliphatic heterocycles. The number of hydrogen-bond acceptors (Lipinski definition) is 2. The molecule has 70 valence electrons. The van der Waals surface area contributed by atoms with Gasteiger partial charge >= 0.3 is 5.97 Å². The van der Waals surface area contributed by atoms with Crippen molar-refractivity contribution < 1.29 is 14.7 Å². The van der Waals surface area contributed by atoms with E-state index in [1.807, 2.05) is 5.92 Å². The molecule has 0 atom stereocenters. The first-order chi connectivity index (χ1) is 6.10. The minimum atomic E-state index is -1.11. The Labute approximate surface area is 76.3 Å². The Morgan fingerprint density at radius 1 is 1.38 bits per heavy atom. The molecule has 1 saturated carbocycles. The summed E-state index contributed by atoms with van der Waals surface area (Å²) < 4.78 is 0. The molecule has 0 aromatic rings. The number of terminal acetylenes is 1. The van der Waals surface area contributed by atoms with Crippen LogP contribution in [-0.4, -0.2) is 22.5 Å². The molecule has 1 amide bonds. The number of hydrogen-bond donors (Lipinski definition) is 2. The fourth-order valence-electron chi connectivity index (χ4n) is 1.62. The van der Waals surface area contributed by atoms with Gasteiger partial charge in [0.1, 0.15) is 5.54 Å². The van der Waals surface area contributed by atoms with Crippen molar-refractivity contribution in [2.45, 2.75) is 31.2 Å². The maximum atomic E-state index is 10.9. The van der Waals surface area contributed by atoms with E-state index in [9.17, 15) is 9.59 Å². The van der Waals surface area contributed by atoms with Gasteiger partial charge in [0, 0.05) is 0 Å². The summed E-state index contributed by atoms with van der Waals surface area (Å²) >= 11 is 0. The van der Waals surface area contributed by atoms with Crippen LogP contribution < -0.4 is 5.32 Å². The number of aliphatic carboxylic acids is 1. The summed E-state index contributed by atoms with van der Waals surface area (Å²) in [7, 11) is 0. The highest BCUT2D eigenvalue weighted by molar-refractivity contribution is 5.97. The lowest BCUT2D eigenvalue weighted by Crippen LogP contribution is -2.52. The molecule has 1 fully saturated rings. The van der Waals surface area contributed by atoms with Crippen molar-refractivity contribution in [3.63, 3.8) is 0 Å². The quantitative estimate of drug-likeness (QED) is 0.595. The van der Waals surface area contributed by atoms with Gasteiger partial charge in [0.2, 0.25) is 0 Å². The Morgan fingerprint density at radius 3 is 2.31 bits per heavy atom. The number of carboxylic acids is 1. The molecule has 1 aliphatic rings. The molecule has 4 heteroatoms. The summed E-state index contributed by atoms with van der Waals surface area (Å²) in [6.07, 6.45) is 7.42. The summed E-state index contributed by atoms with van der Waals surface area (Å²) in [6.45, 7) is 0. The van der Waals surface area contributed by atoms with E-state index in [2.05, 4.69) is 5.32 Å². The SMILES string of the molecule is C#CC(=O)NC1(C(=O)O)CCCC1. The summed E-state index contributed by atoms with van der Waals surface area (Å²) in [5.41, 5.74) is -1.11. The predicted octanol–water partition coefficient (Wildman–Crippen LogP) is 0.133. The number of carbonyl (C=O) groups excluding carboxylic acids is 1. The summed E-state index contributed by atoms with van der Waals surface area (Å²) in [5.74, 6) is 0.217. The number of carboxylic acid groups (broad SMARTS) is 1. The van der Waals surface area contributed by atoms with Crippen LogP contribution in [0.15, 0.2) is 0 Å². The van der Waals surface area contributed by atoms with Gasteiger partial charge in [-0.3, -0.25) is 4.79 Å². The van der Waals surface area contributed by atoms with Crippen molar-refractivity contribution in [3.8, 4) is 12.3 Å². The standard InChI is InChI=1S/C9H11NO3/c1-2-7(11)10-9(8(12)13)5-3-4-6-9/h1H,3-6H2,(H,10,11)(H,12,13). The van der Waals surface area contributed by atoms with Crippen LogP contribution in [0.5, 0.6) is 0 Å². The Hall–Kier alpha value is -1.50. The zero-order valence-corrected chi connectivity index (χ0v) is 7.17. The van der Waals surface area contributed by atoms with Gasteiger partial charge in [-0.25, -0.2) is 4.79 Å². The molecule has 0 saturated heterocycles. The first-order valence-electron chi connectivity index (χ1n) is 4.13. The Kier molecular flexibility index (Phi) is 2.57. The minimum absolute atomic E-state index is 0.468. The van der Waals surface area contributed by atoms with E-state index in [4.69, 9.17) is 11.5 Å². The molecule has 0 bridgehead atoms. The predicted molar refractivity (Wildman–Crippen MR) is 45.8 cm³/mol. The zero-order valence-electron chi connectivity index (χ0n) is 7.17. The molecule has 1 rings (SSSR count). The Balaban J connectivity index is 2.75. The van der Waals surface area contributed by atoms with E-state index in [1.54, 1.807) is 0 Å². The molecule has 4 nitrogen and oxygen atoms in total. The van der Waals surface area contributed by atoms with E-state index >= 15 is 0 Å². The lowest BCUT2D eigenvalue weighted by atomic mass is 9.98. The van der Waals surface area contributed by atoms with Crippen molar-refractivity contribution in [1.82, 2.24) is 5.32 Å². The average Bonchev–Trinajstić information content (AvgIpc) is 2.54. The van der Waals surface area contributed by atoms with E-state index in [0.29, 0.717) is 12.8 Å². The normalized spacial score (nSPS) is 19.0. The summed E-state index contributed by atoms with van der Waals surface area (Å²) in [6, 6.07) is 0. The minimum Gasteiger partial charge on any atom is -0.480 e. The van der Waals surface area contributed by atoms with Crippen LogP contribution in [0.25, 0.3) is 0 Å². The fraction of sp³-hybridized carbons (Fsp3) is 0.556. The van der Waals surface area contributed by atoms with E-state index in [0.717, 1.165) is 12.8 Å². The van der Waals surface area contributed by atoms with Crippen LogP contribution in [0.4, 0.5) is 0 Å². The van der Waals surface area contributed by atoms with Gasteiger partial charge in [-0.1, -0.05) is 12.8 Å². The van der Waals surface area contributed by atoms with Crippen LogP contribution in [0.1, 0.15) is 25.7 Å². The van der Waals surface area contributed by atoms with Gasteiger partial charge < -0.3 is 10.4 Å². The van der Waals surface area contributed by atoms with Gasteiger partial charge in [-0.05, 0) is 18.8 Å². The second-order valence-corrected chi connectivity index (χ2v) is 3.19. The molecule has 0 spiro atoms. The lowest BCUT2D eigenvalue weighted by Gasteiger charge is -2.23. The monoisotopic (exact) mass is 181 g/mol. The molecule has 0 unspecified atom stereocenters. The molecular formula is C9H11NO3. The van der Waals surface area contributed by atoms with Crippen LogP contribution in [-0.2, 0) is 9.59 Å². The lowest BCUT2D eigenvalue weighted by molar-refractivity contribution is -0.146. The maximum absolute atomic E-state index is 10.9. The van der Waals surface area contributed by atoms with Crippen molar-refractivity contribution in [2.24, 2.45) is 0 Å². The topological polar surface area (TPSA) is 66.4 Å².